The molecule has 3 nitrogen and oxygen atoms in total. The van der Waals surface area contributed by atoms with E-state index in [2.05, 4.69) is 29.1 Å². The molecule has 96 valence electrons. The van der Waals surface area contributed by atoms with Gasteiger partial charge in [0.1, 0.15) is 0 Å². The fraction of sp³-hybridized carbons (Fsp3) is 0.308. The van der Waals surface area contributed by atoms with E-state index in [9.17, 15) is 4.79 Å². The zero-order valence-electron chi connectivity index (χ0n) is 10.1. The predicted molar refractivity (Wildman–Crippen MR) is 75.6 cm³/mol. The average molecular weight is 281 g/mol. The summed E-state index contributed by atoms with van der Waals surface area (Å²) in [6.07, 6.45) is 1.00. The van der Waals surface area contributed by atoms with Crippen molar-refractivity contribution < 1.29 is 9.90 Å². The third-order valence-electron chi connectivity index (χ3n) is 2.65. The first-order chi connectivity index (χ1) is 8.65. The standard InChI is InChI=1S/C13H15NO2S2/c1-9(4-10-2-3-17-7-10)14-6-12-5-11(8-18-12)13(15)16/h2-3,5,7-9,14H,4,6H2,1H3,(H,15,16). The molecule has 0 bridgehead atoms. The maximum Gasteiger partial charge on any atom is 0.336 e. The van der Waals surface area contributed by atoms with Gasteiger partial charge in [-0.15, -0.1) is 11.3 Å². The molecule has 0 aliphatic carbocycles. The largest absolute Gasteiger partial charge is 0.478 e. The minimum atomic E-state index is -0.858. The number of thiophene rings is 2. The lowest BCUT2D eigenvalue weighted by Crippen LogP contribution is -2.27. The zero-order valence-corrected chi connectivity index (χ0v) is 11.7. The molecule has 1 atom stereocenters. The lowest BCUT2D eigenvalue weighted by molar-refractivity contribution is 0.0697. The molecule has 2 N–H and O–H groups in total. The Morgan fingerprint density at radius 3 is 2.94 bits per heavy atom. The van der Waals surface area contributed by atoms with Crippen molar-refractivity contribution in [1.29, 1.82) is 0 Å². The lowest BCUT2D eigenvalue weighted by Gasteiger charge is -2.11. The normalized spacial score (nSPS) is 12.5. The molecule has 0 radical (unpaired) electrons. The summed E-state index contributed by atoms with van der Waals surface area (Å²) in [7, 11) is 0. The summed E-state index contributed by atoms with van der Waals surface area (Å²) in [6, 6.07) is 4.25. The molecule has 2 aromatic rings. The summed E-state index contributed by atoms with van der Waals surface area (Å²) in [6.45, 7) is 2.87. The van der Waals surface area contributed by atoms with Crippen molar-refractivity contribution in [2.75, 3.05) is 0 Å². The fourth-order valence-corrected chi connectivity index (χ4v) is 3.19. The highest BCUT2D eigenvalue weighted by Crippen LogP contribution is 2.15. The number of carbonyl (C=O) groups is 1. The van der Waals surface area contributed by atoms with Gasteiger partial charge < -0.3 is 10.4 Å². The van der Waals surface area contributed by atoms with E-state index in [1.807, 2.05) is 0 Å². The number of hydrogen-bond acceptors (Lipinski definition) is 4. The van der Waals surface area contributed by atoms with Crippen LogP contribution in [0.5, 0.6) is 0 Å². The molecule has 0 fully saturated rings. The van der Waals surface area contributed by atoms with E-state index < -0.39 is 5.97 Å². The second-order valence-electron chi connectivity index (χ2n) is 4.22. The van der Waals surface area contributed by atoms with Crippen molar-refractivity contribution in [3.05, 3.63) is 44.3 Å². The molecule has 2 rings (SSSR count). The highest BCUT2D eigenvalue weighted by atomic mass is 32.1. The molecule has 1 unspecified atom stereocenters. The molecule has 0 saturated carbocycles. The molecule has 0 aliphatic rings. The molecule has 2 aromatic heterocycles. The number of rotatable bonds is 6. The quantitative estimate of drug-likeness (QED) is 0.854. The van der Waals surface area contributed by atoms with Crippen LogP contribution in [0.1, 0.15) is 27.7 Å². The van der Waals surface area contributed by atoms with Gasteiger partial charge in [-0.1, -0.05) is 0 Å². The van der Waals surface area contributed by atoms with Crippen LogP contribution < -0.4 is 5.32 Å². The first-order valence-electron chi connectivity index (χ1n) is 5.70. The molecule has 18 heavy (non-hydrogen) atoms. The zero-order chi connectivity index (χ0) is 13.0. The van der Waals surface area contributed by atoms with Gasteiger partial charge in [-0.05, 0) is 41.8 Å². The van der Waals surface area contributed by atoms with Crippen LogP contribution in [0.3, 0.4) is 0 Å². The lowest BCUT2D eigenvalue weighted by atomic mass is 10.1. The van der Waals surface area contributed by atoms with Gasteiger partial charge in [0.15, 0.2) is 0 Å². The number of aromatic carboxylic acids is 1. The smallest absolute Gasteiger partial charge is 0.336 e. The van der Waals surface area contributed by atoms with Gasteiger partial charge >= 0.3 is 5.97 Å². The number of carboxylic acid groups (broad SMARTS) is 1. The highest BCUT2D eigenvalue weighted by Gasteiger charge is 2.08. The third-order valence-corrected chi connectivity index (χ3v) is 4.32. The molecular formula is C13H15NO2S2. The first kappa shape index (κ1) is 13.3. The Morgan fingerprint density at radius 1 is 1.50 bits per heavy atom. The molecule has 0 saturated heterocycles. The van der Waals surface area contributed by atoms with Gasteiger partial charge in [0.2, 0.25) is 0 Å². The molecule has 0 amide bonds. The van der Waals surface area contributed by atoms with Crippen molar-refractivity contribution in [3.8, 4) is 0 Å². The summed E-state index contributed by atoms with van der Waals surface area (Å²) in [5, 5.41) is 18.2. The molecule has 5 heteroatoms. The van der Waals surface area contributed by atoms with Gasteiger partial charge in [0.25, 0.3) is 0 Å². The first-order valence-corrected chi connectivity index (χ1v) is 7.52. The van der Waals surface area contributed by atoms with E-state index in [0.29, 0.717) is 11.6 Å². The molecular weight excluding hydrogens is 266 g/mol. The van der Waals surface area contributed by atoms with Crippen molar-refractivity contribution in [2.45, 2.75) is 25.9 Å². The molecule has 2 heterocycles. The van der Waals surface area contributed by atoms with Gasteiger partial charge in [0, 0.05) is 22.8 Å². The van der Waals surface area contributed by atoms with Crippen molar-refractivity contribution in [2.24, 2.45) is 0 Å². The molecule has 0 aliphatic heterocycles. The number of carboxylic acids is 1. The van der Waals surface area contributed by atoms with Crippen LogP contribution in [-0.4, -0.2) is 17.1 Å². The average Bonchev–Trinajstić information content (AvgIpc) is 2.96. The minimum Gasteiger partial charge on any atom is -0.478 e. The second kappa shape index (κ2) is 6.13. The Labute approximate surface area is 114 Å². The highest BCUT2D eigenvalue weighted by molar-refractivity contribution is 7.10. The van der Waals surface area contributed by atoms with Gasteiger partial charge in [-0.2, -0.15) is 11.3 Å². The van der Waals surface area contributed by atoms with Crippen LogP contribution in [0, 0.1) is 0 Å². The van der Waals surface area contributed by atoms with E-state index >= 15 is 0 Å². The summed E-state index contributed by atoms with van der Waals surface area (Å²) >= 11 is 3.20. The summed E-state index contributed by atoms with van der Waals surface area (Å²) in [5.41, 5.74) is 1.72. The summed E-state index contributed by atoms with van der Waals surface area (Å²) < 4.78 is 0. The number of hydrogen-bond donors (Lipinski definition) is 2. The van der Waals surface area contributed by atoms with E-state index in [1.54, 1.807) is 22.8 Å². The van der Waals surface area contributed by atoms with Crippen LogP contribution in [0.25, 0.3) is 0 Å². The van der Waals surface area contributed by atoms with Crippen LogP contribution in [0.15, 0.2) is 28.3 Å². The van der Waals surface area contributed by atoms with Crippen molar-refractivity contribution in [3.63, 3.8) is 0 Å². The monoisotopic (exact) mass is 281 g/mol. The van der Waals surface area contributed by atoms with Crippen LogP contribution >= 0.6 is 22.7 Å². The maximum absolute atomic E-state index is 10.8. The Balaban J connectivity index is 1.81. The van der Waals surface area contributed by atoms with Gasteiger partial charge in [0.05, 0.1) is 5.56 Å². The van der Waals surface area contributed by atoms with Crippen LogP contribution in [0.2, 0.25) is 0 Å². The Hall–Kier alpha value is -1.17. The van der Waals surface area contributed by atoms with E-state index in [4.69, 9.17) is 5.11 Å². The van der Waals surface area contributed by atoms with E-state index in [-0.39, 0.29) is 0 Å². The minimum absolute atomic E-state index is 0.377. The Kier molecular flexibility index (Phi) is 4.52. The van der Waals surface area contributed by atoms with E-state index in [0.717, 1.165) is 17.8 Å². The van der Waals surface area contributed by atoms with Gasteiger partial charge in [-0.3, -0.25) is 0 Å². The maximum atomic E-state index is 10.8. The predicted octanol–water partition coefficient (Wildman–Crippen LogP) is 3.23. The fourth-order valence-electron chi connectivity index (χ4n) is 1.69. The Bertz CT molecular complexity index is 505. The topological polar surface area (TPSA) is 49.3 Å². The summed E-state index contributed by atoms with van der Waals surface area (Å²) in [4.78, 5) is 11.8. The molecule has 0 aromatic carbocycles. The second-order valence-corrected chi connectivity index (χ2v) is 6.00. The molecule has 0 spiro atoms. The number of nitrogens with one attached hydrogen (secondary N) is 1. The van der Waals surface area contributed by atoms with Gasteiger partial charge in [-0.25, -0.2) is 4.79 Å². The Morgan fingerprint density at radius 2 is 2.33 bits per heavy atom. The van der Waals surface area contributed by atoms with Crippen LogP contribution in [-0.2, 0) is 13.0 Å². The SMILES string of the molecule is CC(Cc1ccsc1)NCc1cc(C(=O)O)cs1. The summed E-state index contributed by atoms with van der Waals surface area (Å²) in [5.74, 6) is -0.858. The van der Waals surface area contributed by atoms with Crippen LogP contribution in [0.4, 0.5) is 0 Å². The van der Waals surface area contributed by atoms with Crippen molar-refractivity contribution >= 4 is 28.6 Å². The third kappa shape index (κ3) is 3.66. The van der Waals surface area contributed by atoms with E-state index in [1.165, 1.54) is 16.9 Å². The van der Waals surface area contributed by atoms with Crippen molar-refractivity contribution in [1.82, 2.24) is 5.32 Å².